The van der Waals surface area contributed by atoms with Crippen LogP contribution < -0.4 is 10.6 Å². The van der Waals surface area contributed by atoms with Crippen LogP contribution in [0.4, 0.5) is 4.39 Å². The zero-order valence-electron chi connectivity index (χ0n) is 17.0. The van der Waals surface area contributed by atoms with E-state index in [2.05, 4.69) is 36.4 Å². The summed E-state index contributed by atoms with van der Waals surface area (Å²) < 4.78 is 24.4. The smallest absolute Gasteiger partial charge is 0.191 e. The van der Waals surface area contributed by atoms with Gasteiger partial charge in [0.25, 0.3) is 0 Å². The highest BCUT2D eigenvalue weighted by Gasteiger charge is 2.21. The van der Waals surface area contributed by atoms with Gasteiger partial charge in [0.1, 0.15) is 5.82 Å². The van der Waals surface area contributed by atoms with Crippen LogP contribution in [0.3, 0.4) is 0 Å². The summed E-state index contributed by atoms with van der Waals surface area (Å²) in [7, 11) is 1.73. The van der Waals surface area contributed by atoms with Crippen molar-refractivity contribution in [2.75, 3.05) is 46.6 Å². The molecule has 27 heavy (non-hydrogen) atoms. The first-order valence-corrected chi connectivity index (χ1v) is 9.35. The fourth-order valence-corrected chi connectivity index (χ4v) is 2.35. The van der Waals surface area contributed by atoms with E-state index >= 15 is 0 Å². The van der Waals surface area contributed by atoms with Gasteiger partial charge in [-0.05, 0) is 24.1 Å². The first kappa shape index (κ1) is 26.1. The van der Waals surface area contributed by atoms with Gasteiger partial charge in [-0.15, -0.1) is 24.0 Å². The van der Waals surface area contributed by atoms with Gasteiger partial charge in [0.15, 0.2) is 5.96 Å². The molecule has 0 atom stereocenters. The summed E-state index contributed by atoms with van der Waals surface area (Å²) in [6.45, 7) is 10.2. The van der Waals surface area contributed by atoms with Gasteiger partial charge in [-0.2, -0.15) is 0 Å². The van der Waals surface area contributed by atoms with Crippen LogP contribution in [-0.4, -0.2) is 52.5 Å². The van der Waals surface area contributed by atoms with Gasteiger partial charge in [0.05, 0.1) is 19.8 Å². The van der Waals surface area contributed by atoms with Crippen LogP contribution in [0.5, 0.6) is 0 Å². The van der Waals surface area contributed by atoms with E-state index in [9.17, 15) is 4.39 Å². The molecule has 0 spiro atoms. The van der Waals surface area contributed by atoms with Crippen LogP contribution in [0.1, 0.15) is 39.2 Å². The summed E-state index contributed by atoms with van der Waals surface area (Å²) in [6.07, 6.45) is 2.24. The van der Waals surface area contributed by atoms with Crippen molar-refractivity contribution in [3.8, 4) is 0 Å². The molecule has 0 radical (unpaired) electrons. The number of ether oxygens (including phenoxy) is 2. The first-order valence-electron chi connectivity index (χ1n) is 9.35. The van der Waals surface area contributed by atoms with E-state index in [1.54, 1.807) is 19.2 Å². The van der Waals surface area contributed by atoms with Gasteiger partial charge in [0.2, 0.25) is 0 Å². The lowest BCUT2D eigenvalue weighted by Gasteiger charge is -2.26. The van der Waals surface area contributed by atoms with Gasteiger partial charge < -0.3 is 20.1 Å². The van der Waals surface area contributed by atoms with Crippen molar-refractivity contribution in [2.45, 2.75) is 39.0 Å². The van der Waals surface area contributed by atoms with Crippen LogP contribution in [0, 0.1) is 5.82 Å². The Morgan fingerprint density at radius 1 is 1.11 bits per heavy atom. The maximum atomic E-state index is 13.4. The monoisotopic (exact) mass is 495 g/mol. The van der Waals surface area contributed by atoms with E-state index in [4.69, 9.17) is 9.47 Å². The summed E-state index contributed by atoms with van der Waals surface area (Å²) in [6, 6.07) is 6.72. The Bertz CT molecular complexity index is 542. The number of nitrogens with one attached hydrogen (secondary N) is 2. The number of hydrogen-bond donors (Lipinski definition) is 2. The Morgan fingerprint density at radius 2 is 1.81 bits per heavy atom. The number of guanidine groups is 1. The van der Waals surface area contributed by atoms with Crippen molar-refractivity contribution in [1.82, 2.24) is 10.6 Å². The number of nitrogens with zero attached hydrogens (tertiary/aromatic N) is 1. The molecule has 0 aliphatic rings. The molecule has 1 rings (SSSR count). The molecule has 5 nitrogen and oxygen atoms in total. The standard InChI is InChI=1S/C20H34FN3O2.HI/c1-5-6-11-25-13-14-26-12-10-23-19(22-4)24-16-20(2,3)17-8-7-9-18(21)15-17;/h7-9,15H,5-6,10-14,16H2,1-4H3,(H2,22,23,24);1H. The van der Waals surface area contributed by atoms with Crippen molar-refractivity contribution in [3.05, 3.63) is 35.6 Å². The third kappa shape index (κ3) is 11.5. The summed E-state index contributed by atoms with van der Waals surface area (Å²) in [5.74, 6) is 0.492. The summed E-state index contributed by atoms with van der Waals surface area (Å²) in [4.78, 5) is 4.21. The lowest BCUT2D eigenvalue weighted by molar-refractivity contribution is 0.0487. The molecule has 0 bridgehead atoms. The quantitative estimate of drug-likeness (QED) is 0.201. The molecule has 0 heterocycles. The molecular formula is C20H35FIN3O2. The van der Waals surface area contributed by atoms with Crippen LogP contribution in [0.25, 0.3) is 0 Å². The Morgan fingerprint density at radius 3 is 2.44 bits per heavy atom. The summed E-state index contributed by atoms with van der Waals surface area (Å²) >= 11 is 0. The molecule has 0 aliphatic carbocycles. The lowest BCUT2D eigenvalue weighted by Crippen LogP contribution is -2.44. The van der Waals surface area contributed by atoms with Crippen LogP contribution in [0.2, 0.25) is 0 Å². The average molecular weight is 495 g/mol. The maximum Gasteiger partial charge on any atom is 0.191 e. The van der Waals surface area contributed by atoms with Crippen molar-refractivity contribution < 1.29 is 13.9 Å². The van der Waals surface area contributed by atoms with Gasteiger partial charge in [-0.1, -0.05) is 39.3 Å². The molecule has 0 unspecified atom stereocenters. The molecule has 0 amide bonds. The normalized spacial score (nSPS) is 11.8. The second-order valence-electron chi connectivity index (χ2n) is 6.83. The van der Waals surface area contributed by atoms with Crippen molar-refractivity contribution >= 4 is 29.9 Å². The maximum absolute atomic E-state index is 13.4. The number of halogens is 2. The molecule has 2 N–H and O–H groups in total. The fourth-order valence-electron chi connectivity index (χ4n) is 2.35. The van der Waals surface area contributed by atoms with Gasteiger partial charge in [-0.3, -0.25) is 4.99 Å². The zero-order chi connectivity index (χ0) is 19.3. The molecule has 0 saturated heterocycles. The van der Waals surface area contributed by atoms with E-state index < -0.39 is 0 Å². The summed E-state index contributed by atoms with van der Waals surface area (Å²) in [5.41, 5.74) is 0.735. The minimum atomic E-state index is -0.216. The zero-order valence-corrected chi connectivity index (χ0v) is 19.3. The van der Waals surface area contributed by atoms with Gasteiger partial charge in [-0.25, -0.2) is 4.39 Å². The second-order valence-corrected chi connectivity index (χ2v) is 6.83. The summed E-state index contributed by atoms with van der Waals surface area (Å²) in [5, 5.41) is 6.50. The highest BCUT2D eigenvalue weighted by molar-refractivity contribution is 14.0. The van der Waals surface area contributed by atoms with E-state index in [0.717, 1.165) is 25.0 Å². The number of unbranched alkanes of at least 4 members (excludes halogenated alkanes) is 1. The first-order chi connectivity index (χ1) is 12.5. The number of hydrogen-bond acceptors (Lipinski definition) is 3. The molecule has 0 saturated carbocycles. The van der Waals surface area contributed by atoms with Crippen LogP contribution in [-0.2, 0) is 14.9 Å². The van der Waals surface area contributed by atoms with Crippen LogP contribution >= 0.6 is 24.0 Å². The largest absolute Gasteiger partial charge is 0.379 e. The Hall–Kier alpha value is -0.930. The number of aliphatic imine (C=N–C) groups is 1. The van der Waals surface area contributed by atoms with Gasteiger partial charge in [0, 0.05) is 32.2 Å². The van der Waals surface area contributed by atoms with E-state index in [-0.39, 0.29) is 35.2 Å². The minimum absolute atomic E-state index is 0. The molecule has 0 aromatic heterocycles. The fraction of sp³-hybridized carbons (Fsp3) is 0.650. The third-order valence-corrected chi connectivity index (χ3v) is 4.08. The minimum Gasteiger partial charge on any atom is -0.379 e. The average Bonchev–Trinajstić information content (AvgIpc) is 2.62. The number of benzene rings is 1. The molecule has 7 heteroatoms. The van der Waals surface area contributed by atoms with E-state index in [0.29, 0.717) is 38.9 Å². The molecular weight excluding hydrogens is 460 g/mol. The number of rotatable bonds is 12. The Labute approximate surface area is 180 Å². The molecule has 1 aromatic carbocycles. The molecule has 1 aromatic rings. The van der Waals surface area contributed by atoms with E-state index in [1.165, 1.54) is 6.07 Å². The van der Waals surface area contributed by atoms with Crippen molar-refractivity contribution in [1.29, 1.82) is 0 Å². The molecule has 0 fully saturated rings. The molecule has 0 aliphatic heterocycles. The Kier molecular flexibility index (Phi) is 14.5. The SMILES string of the molecule is CCCCOCCOCCNC(=NC)NCC(C)(C)c1cccc(F)c1.I. The van der Waals surface area contributed by atoms with Crippen molar-refractivity contribution in [2.24, 2.45) is 4.99 Å². The molecule has 156 valence electrons. The van der Waals surface area contributed by atoms with Crippen molar-refractivity contribution in [3.63, 3.8) is 0 Å². The predicted molar refractivity (Wildman–Crippen MR) is 121 cm³/mol. The second kappa shape index (κ2) is 15.0. The lowest BCUT2D eigenvalue weighted by atomic mass is 9.84. The third-order valence-electron chi connectivity index (χ3n) is 4.08. The Balaban J connectivity index is 0.00000676. The highest BCUT2D eigenvalue weighted by Crippen LogP contribution is 2.22. The van der Waals surface area contributed by atoms with E-state index in [1.807, 2.05) is 6.07 Å². The predicted octanol–water partition coefficient (Wildman–Crippen LogP) is 3.72. The van der Waals surface area contributed by atoms with Gasteiger partial charge >= 0.3 is 0 Å². The topological polar surface area (TPSA) is 54.9 Å². The highest BCUT2D eigenvalue weighted by atomic mass is 127. The van der Waals surface area contributed by atoms with Crippen LogP contribution in [0.15, 0.2) is 29.3 Å².